The third-order valence-electron chi connectivity index (χ3n) is 6.10. The van der Waals surface area contributed by atoms with E-state index >= 15 is 0 Å². The van der Waals surface area contributed by atoms with E-state index in [0.717, 1.165) is 17.5 Å². The van der Waals surface area contributed by atoms with Crippen molar-refractivity contribution in [3.05, 3.63) is 65.2 Å². The monoisotopic (exact) mass is 364 g/mol. The molecule has 0 amide bonds. The molecule has 5 heteroatoms. The van der Waals surface area contributed by atoms with Gasteiger partial charge in [-0.05, 0) is 54.5 Å². The smallest absolute Gasteiger partial charge is 0.450 e. The molecule has 2 aromatic carbocycles. The van der Waals surface area contributed by atoms with Crippen molar-refractivity contribution < 1.29 is 14.6 Å². The zero-order chi connectivity index (χ0) is 18.4. The Hall–Kier alpha value is -2.53. The molecule has 1 heterocycles. The fourth-order valence-corrected chi connectivity index (χ4v) is 4.71. The summed E-state index contributed by atoms with van der Waals surface area (Å²) in [6.07, 6.45) is 3.10. The molecule has 0 spiro atoms. The number of hydrogen-bond donors (Lipinski definition) is 3. The molecular weight excluding hydrogens is 340 g/mol. The Balaban J connectivity index is 1.44. The topological polar surface area (TPSA) is 70.6 Å². The fourth-order valence-electron chi connectivity index (χ4n) is 4.71. The van der Waals surface area contributed by atoms with E-state index < -0.39 is 12.3 Å². The maximum atomic E-state index is 11.3. The zero-order valence-electron chi connectivity index (χ0n) is 15.1. The SMILES string of the molecule is O=C(O)OC(c1ccccc1)c1ccc2c(c1)C1CCC(NC3CC3)C1N2. The van der Waals surface area contributed by atoms with Crippen LogP contribution in [0.5, 0.6) is 0 Å². The Kier molecular flexibility index (Phi) is 4.05. The van der Waals surface area contributed by atoms with E-state index in [4.69, 9.17) is 4.74 Å². The van der Waals surface area contributed by atoms with Gasteiger partial charge in [0.1, 0.15) is 0 Å². The molecule has 27 heavy (non-hydrogen) atoms. The van der Waals surface area contributed by atoms with Gasteiger partial charge in [-0.25, -0.2) is 4.79 Å². The number of hydrogen-bond acceptors (Lipinski definition) is 4. The number of rotatable bonds is 5. The second-order valence-electron chi connectivity index (χ2n) is 7.92. The minimum Gasteiger partial charge on any atom is -0.450 e. The molecule has 3 aliphatic rings. The van der Waals surface area contributed by atoms with Gasteiger partial charge in [0.2, 0.25) is 0 Å². The van der Waals surface area contributed by atoms with E-state index in [-0.39, 0.29) is 0 Å². The van der Waals surface area contributed by atoms with Gasteiger partial charge < -0.3 is 20.5 Å². The number of carbonyl (C=O) groups is 1. The van der Waals surface area contributed by atoms with Crippen LogP contribution in [0.25, 0.3) is 0 Å². The van der Waals surface area contributed by atoms with Crippen LogP contribution in [0.4, 0.5) is 10.5 Å². The van der Waals surface area contributed by atoms with Crippen molar-refractivity contribution in [2.24, 2.45) is 0 Å². The first-order valence-corrected chi connectivity index (χ1v) is 9.80. The quantitative estimate of drug-likeness (QED) is 0.692. The summed E-state index contributed by atoms with van der Waals surface area (Å²) in [6, 6.07) is 17.4. The Morgan fingerprint density at radius 3 is 2.63 bits per heavy atom. The lowest BCUT2D eigenvalue weighted by atomic mass is 9.92. The molecule has 4 atom stereocenters. The Bertz CT molecular complexity index is 850. The fraction of sp³-hybridized carbons (Fsp3) is 0.409. The van der Waals surface area contributed by atoms with Crippen molar-refractivity contribution in [1.82, 2.24) is 5.32 Å². The Morgan fingerprint density at radius 1 is 1.07 bits per heavy atom. The third-order valence-corrected chi connectivity index (χ3v) is 6.10. The molecule has 4 unspecified atom stereocenters. The van der Waals surface area contributed by atoms with Crippen molar-refractivity contribution in [1.29, 1.82) is 0 Å². The lowest BCUT2D eigenvalue weighted by Gasteiger charge is -2.21. The second kappa shape index (κ2) is 6.57. The molecule has 0 radical (unpaired) electrons. The first-order chi connectivity index (χ1) is 13.2. The maximum Gasteiger partial charge on any atom is 0.506 e. The molecule has 2 saturated carbocycles. The highest BCUT2D eigenvalue weighted by molar-refractivity contribution is 5.63. The number of carboxylic acid groups (broad SMARTS) is 1. The normalized spacial score (nSPS) is 26.7. The summed E-state index contributed by atoms with van der Waals surface area (Å²) in [6.45, 7) is 0. The Morgan fingerprint density at radius 2 is 1.89 bits per heavy atom. The van der Waals surface area contributed by atoms with Crippen molar-refractivity contribution in [2.45, 2.75) is 55.8 Å². The van der Waals surface area contributed by atoms with Gasteiger partial charge in [-0.3, -0.25) is 0 Å². The highest BCUT2D eigenvalue weighted by Crippen LogP contribution is 2.47. The summed E-state index contributed by atoms with van der Waals surface area (Å²) in [4.78, 5) is 11.3. The standard InChI is InChI=1S/C22H24N2O3/c25-22(26)27-21(13-4-2-1-3-5-13)14-6-10-18-17(12-14)16-9-11-19(20(16)24-18)23-15-7-8-15/h1-6,10,12,15-16,19-21,23-24H,7-9,11H2,(H,25,26). The largest absolute Gasteiger partial charge is 0.506 e. The van der Waals surface area contributed by atoms with Gasteiger partial charge in [0, 0.05) is 29.7 Å². The predicted molar refractivity (Wildman–Crippen MR) is 103 cm³/mol. The van der Waals surface area contributed by atoms with Crippen molar-refractivity contribution in [3.63, 3.8) is 0 Å². The van der Waals surface area contributed by atoms with E-state index in [1.165, 1.54) is 30.5 Å². The van der Waals surface area contributed by atoms with E-state index in [1.54, 1.807) is 0 Å². The first kappa shape index (κ1) is 16.6. The van der Waals surface area contributed by atoms with Gasteiger partial charge in [-0.1, -0.05) is 36.4 Å². The number of fused-ring (bicyclic) bond motifs is 3. The van der Waals surface area contributed by atoms with Gasteiger partial charge >= 0.3 is 6.16 Å². The molecule has 140 valence electrons. The lowest BCUT2D eigenvalue weighted by molar-refractivity contribution is 0.0663. The summed E-state index contributed by atoms with van der Waals surface area (Å²) in [7, 11) is 0. The van der Waals surface area contributed by atoms with Crippen LogP contribution in [0.1, 0.15) is 54.4 Å². The molecule has 3 N–H and O–H groups in total. The maximum absolute atomic E-state index is 11.3. The third kappa shape index (κ3) is 3.16. The number of ether oxygens (including phenoxy) is 1. The lowest BCUT2D eigenvalue weighted by Crippen LogP contribution is -2.41. The predicted octanol–water partition coefficient (Wildman–Crippen LogP) is 4.26. The zero-order valence-corrected chi connectivity index (χ0v) is 15.1. The van der Waals surface area contributed by atoms with Crippen LogP contribution in [-0.4, -0.2) is 29.4 Å². The average Bonchev–Trinajstić information content (AvgIpc) is 3.30. The van der Waals surface area contributed by atoms with Crippen LogP contribution in [0, 0.1) is 0 Å². The van der Waals surface area contributed by atoms with Crippen LogP contribution >= 0.6 is 0 Å². The van der Waals surface area contributed by atoms with Crippen LogP contribution in [0.15, 0.2) is 48.5 Å². The summed E-state index contributed by atoms with van der Waals surface area (Å²) in [5.41, 5.74) is 4.22. The summed E-state index contributed by atoms with van der Waals surface area (Å²) < 4.78 is 5.26. The second-order valence-corrected chi connectivity index (χ2v) is 7.92. The van der Waals surface area contributed by atoms with Crippen molar-refractivity contribution in [3.8, 4) is 0 Å². The van der Waals surface area contributed by atoms with Gasteiger partial charge in [-0.2, -0.15) is 0 Å². The molecule has 2 fully saturated rings. The summed E-state index contributed by atoms with van der Waals surface area (Å²) in [5, 5.41) is 16.7. The van der Waals surface area contributed by atoms with Gasteiger partial charge in [0.05, 0.1) is 0 Å². The first-order valence-electron chi connectivity index (χ1n) is 9.80. The van der Waals surface area contributed by atoms with Crippen molar-refractivity contribution >= 4 is 11.8 Å². The molecule has 2 aliphatic carbocycles. The van der Waals surface area contributed by atoms with E-state index in [1.807, 2.05) is 36.4 Å². The highest BCUT2D eigenvalue weighted by Gasteiger charge is 2.44. The van der Waals surface area contributed by atoms with Crippen LogP contribution < -0.4 is 10.6 Å². The highest BCUT2D eigenvalue weighted by atomic mass is 16.7. The number of anilines is 1. The molecule has 5 rings (SSSR count). The van der Waals surface area contributed by atoms with Crippen LogP contribution in [0.3, 0.4) is 0 Å². The van der Waals surface area contributed by atoms with Gasteiger partial charge in [0.25, 0.3) is 0 Å². The van der Waals surface area contributed by atoms with Gasteiger partial charge in [-0.15, -0.1) is 0 Å². The molecule has 0 saturated heterocycles. The minimum atomic E-state index is -1.25. The molecule has 2 aromatic rings. The van der Waals surface area contributed by atoms with Gasteiger partial charge in [0.15, 0.2) is 6.10 Å². The molecular formula is C22H24N2O3. The van der Waals surface area contributed by atoms with E-state index in [2.05, 4.69) is 22.8 Å². The van der Waals surface area contributed by atoms with Crippen LogP contribution in [0.2, 0.25) is 0 Å². The Labute approximate surface area is 158 Å². The minimum absolute atomic E-state index is 0.436. The number of nitrogens with one attached hydrogen (secondary N) is 2. The molecule has 1 aliphatic heterocycles. The molecule has 0 bridgehead atoms. The number of benzene rings is 2. The van der Waals surface area contributed by atoms with Crippen LogP contribution in [-0.2, 0) is 4.74 Å². The van der Waals surface area contributed by atoms with E-state index in [0.29, 0.717) is 24.0 Å². The van der Waals surface area contributed by atoms with Crippen molar-refractivity contribution in [2.75, 3.05) is 5.32 Å². The molecule has 5 nitrogen and oxygen atoms in total. The summed E-state index contributed by atoms with van der Waals surface area (Å²) >= 11 is 0. The summed E-state index contributed by atoms with van der Waals surface area (Å²) in [5.74, 6) is 0.484. The molecule has 0 aromatic heterocycles. The average molecular weight is 364 g/mol. The van der Waals surface area contributed by atoms with E-state index in [9.17, 15) is 9.90 Å².